The van der Waals surface area contributed by atoms with Crippen molar-refractivity contribution < 1.29 is 8.83 Å². The van der Waals surface area contributed by atoms with Gasteiger partial charge in [0, 0.05) is 103 Å². The van der Waals surface area contributed by atoms with E-state index in [0.717, 1.165) is 106 Å². The van der Waals surface area contributed by atoms with Crippen molar-refractivity contribution in [1.82, 2.24) is 4.57 Å². The van der Waals surface area contributed by atoms with Gasteiger partial charge in [-0.2, -0.15) is 0 Å². The predicted molar refractivity (Wildman–Crippen MR) is 406 cm³/mol. The summed E-state index contributed by atoms with van der Waals surface area (Å²) in [6, 6.07) is 127. The van der Waals surface area contributed by atoms with Gasteiger partial charge >= 0.3 is 0 Å². The molecule has 19 aromatic rings. The van der Waals surface area contributed by atoms with Crippen molar-refractivity contribution in [2.24, 2.45) is 0 Å². The number of nitrogens with zero attached hydrogens (tertiary/aromatic N) is 3. The normalized spacial score (nSPS) is 11.5. The van der Waals surface area contributed by atoms with Crippen molar-refractivity contribution in [3.63, 3.8) is 0 Å². The van der Waals surface area contributed by atoms with E-state index in [1.54, 1.807) is 0 Å². The van der Waals surface area contributed by atoms with E-state index in [2.05, 4.69) is 360 Å². The smallest absolute Gasteiger partial charge is 0.143 e. The molecule has 0 aliphatic carbocycles. The SMILES string of the molecule is c1ccc(-c2ccc(N(c3ccccc3)c3cc(-c4ccc(-n5c6ccccc6c6ccccc65)cc4)c4oc5ccccc5c4c3)cc2)cc1.c1ccc(-c2ccc(N(c3ccccc3)c3cc(-c4ccc5sc6ccccc6c5c4)c4oc5ccccc5c4c3)cc2)cc1. The lowest BCUT2D eigenvalue weighted by Gasteiger charge is -2.26. The van der Waals surface area contributed by atoms with Gasteiger partial charge in [-0.25, -0.2) is 0 Å². The van der Waals surface area contributed by atoms with E-state index < -0.39 is 0 Å². The third kappa shape index (κ3) is 10.0. The van der Waals surface area contributed by atoms with E-state index in [1.165, 1.54) is 64.2 Å². The Kier molecular flexibility index (Phi) is 14.0. The largest absolute Gasteiger partial charge is 0.455 e. The highest BCUT2D eigenvalue weighted by Gasteiger charge is 2.23. The number of anilines is 6. The fourth-order valence-electron chi connectivity index (χ4n) is 14.1. The lowest BCUT2D eigenvalue weighted by atomic mass is 9.98. The van der Waals surface area contributed by atoms with Crippen LogP contribution in [0, 0.1) is 0 Å². The van der Waals surface area contributed by atoms with Crippen LogP contribution in [0.3, 0.4) is 0 Å². The summed E-state index contributed by atoms with van der Waals surface area (Å²) in [6.07, 6.45) is 0. The van der Waals surface area contributed by atoms with Crippen LogP contribution in [0.4, 0.5) is 34.1 Å². The Morgan fingerprint density at radius 1 is 0.229 bits per heavy atom. The molecule has 5 nitrogen and oxygen atoms in total. The minimum absolute atomic E-state index is 0.881. The molecule has 15 aromatic carbocycles. The van der Waals surface area contributed by atoms with E-state index >= 15 is 0 Å². The maximum Gasteiger partial charge on any atom is 0.143 e. The summed E-state index contributed by atoms with van der Waals surface area (Å²) in [6.45, 7) is 0. The van der Waals surface area contributed by atoms with E-state index in [1.807, 2.05) is 23.5 Å². The molecule has 0 amide bonds. The molecule has 0 fully saturated rings. The Bertz CT molecular complexity index is 6000. The quantitative estimate of drug-likeness (QED) is 0.129. The van der Waals surface area contributed by atoms with Crippen LogP contribution in [0.25, 0.3) is 136 Å². The van der Waals surface area contributed by atoms with Crippen LogP contribution in [0.5, 0.6) is 0 Å². The third-order valence-corrected chi connectivity index (χ3v) is 19.8. The van der Waals surface area contributed by atoms with Crippen LogP contribution in [0.2, 0.25) is 0 Å². The highest BCUT2D eigenvalue weighted by Crippen LogP contribution is 2.48. The van der Waals surface area contributed by atoms with Crippen molar-refractivity contribution in [1.29, 1.82) is 0 Å². The van der Waals surface area contributed by atoms with Gasteiger partial charge in [0.2, 0.25) is 0 Å². The highest BCUT2D eigenvalue weighted by molar-refractivity contribution is 7.25. The minimum atomic E-state index is 0.881. The molecule has 452 valence electrons. The van der Waals surface area contributed by atoms with Gasteiger partial charge < -0.3 is 23.2 Å². The van der Waals surface area contributed by atoms with Gasteiger partial charge in [0.05, 0.1) is 11.0 Å². The number of rotatable bonds is 11. The molecular weight excluding hydrogens is 1190 g/mol. The molecule has 0 saturated heterocycles. The monoisotopic (exact) mass is 1250 g/mol. The Labute approximate surface area is 559 Å². The van der Waals surface area contributed by atoms with Crippen LogP contribution in [0.15, 0.2) is 367 Å². The van der Waals surface area contributed by atoms with Gasteiger partial charge in [-0.1, -0.05) is 231 Å². The molecule has 0 bridgehead atoms. The molecule has 0 spiro atoms. The second kappa shape index (κ2) is 23.9. The third-order valence-electron chi connectivity index (χ3n) is 18.6. The zero-order valence-electron chi connectivity index (χ0n) is 52.1. The van der Waals surface area contributed by atoms with E-state index in [-0.39, 0.29) is 0 Å². The first kappa shape index (κ1) is 56.3. The van der Waals surface area contributed by atoms with E-state index in [9.17, 15) is 0 Å². The number of thiophene rings is 1. The van der Waals surface area contributed by atoms with Crippen molar-refractivity contribution in [3.05, 3.63) is 358 Å². The molecule has 0 atom stereocenters. The predicted octanol–water partition coefficient (Wildman–Crippen LogP) is 26.2. The van der Waals surface area contributed by atoms with Crippen LogP contribution in [0.1, 0.15) is 0 Å². The molecule has 0 unspecified atom stereocenters. The lowest BCUT2D eigenvalue weighted by Crippen LogP contribution is -2.10. The first-order valence-electron chi connectivity index (χ1n) is 32.5. The van der Waals surface area contributed by atoms with Crippen molar-refractivity contribution >= 4 is 131 Å². The molecular formula is C90H59N3O2S. The molecule has 0 aliphatic rings. The van der Waals surface area contributed by atoms with Crippen molar-refractivity contribution in [3.8, 4) is 50.2 Å². The van der Waals surface area contributed by atoms with Crippen molar-refractivity contribution in [2.75, 3.05) is 9.80 Å². The Morgan fingerprint density at radius 3 is 1.09 bits per heavy atom. The number of para-hydroxylation sites is 6. The summed E-state index contributed by atoms with van der Waals surface area (Å²) in [4.78, 5) is 4.68. The van der Waals surface area contributed by atoms with Gasteiger partial charge in [0.15, 0.2) is 0 Å². The van der Waals surface area contributed by atoms with Gasteiger partial charge in [-0.15, -0.1) is 11.3 Å². The number of benzene rings is 15. The van der Waals surface area contributed by atoms with Crippen LogP contribution in [-0.2, 0) is 0 Å². The van der Waals surface area contributed by atoms with Gasteiger partial charge in [0.1, 0.15) is 22.3 Å². The van der Waals surface area contributed by atoms with Gasteiger partial charge in [0.25, 0.3) is 0 Å². The summed E-state index contributed by atoms with van der Waals surface area (Å²) in [5.41, 5.74) is 22.8. The molecule has 4 heterocycles. The Balaban J connectivity index is 0.000000141. The Morgan fingerprint density at radius 2 is 0.594 bits per heavy atom. The van der Waals surface area contributed by atoms with Crippen LogP contribution in [-0.4, -0.2) is 4.57 Å². The zero-order chi connectivity index (χ0) is 63.5. The fourth-order valence-corrected chi connectivity index (χ4v) is 15.2. The molecule has 0 N–H and O–H groups in total. The Hall–Kier alpha value is -12.5. The van der Waals surface area contributed by atoms with E-state index in [4.69, 9.17) is 8.83 Å². The molecule has 0 saturated carbocycles. The number of aromatic nitrogens is 1. The summed E-state index contributed by atoms with van der Waals surface area (Å²) in [5, 5.41) is 9.50. The average molecular weight is 1250 g/mol. The number of hydrogen-bond donors (Lipinski definition) is 0. The fraction of sp³-hybridized carbons (Fsp3) is 0. The number of furan rings is 2. The average Bonchev–Trinajstić information content (AvgIpc) is 1.57. The topological polar surface area (TPSA) is 37.7 Å². The lowest BCUT2D eigenvalue weighted by molar-refractivity contribution is 0.669. The van der Waals surface area contributed by atoms with Crippen molar-refractivity contribution in [2.45, 2.75) is 0 Å². The second-order valence-electron chi connectivity index (χ2n) is 24.3. The summed E-state index contributed by atoms with van der Waals surface area (Å²) >= 11 is 1.84. The first-order valence-corrected chi connectivity index (χ1v) is 33.3. The van der Waals surface area contributed by atoms with Gasteiger partial charge in [-0.05, 0) is 161 Å². The molecule has 6 heteroatoms. The number of hydrogen-bond acceptors (Lipinski definition) is 5. The molecule has 0 radical (unpaired) electrons. The maximum atomic E-state index is 6.64. The zero-order valence-corrected chi connectivity index (χ0v) is 52.9. The number of fused-ring (bicyclic) bond motifs is 12. The van der Waals surface area contributed by atoms with Crippen LogP contribution < -0.4 is 9.80 Å². The molecule has 96 heavy (non-hydrogen) atoms. The molecule has 0 aliphatic heterocycles. The van der Waals surface area contributed by atoms with Gasteiger partial charge in [-0.3, -0.25) is 0 Å². The summed E-state index contributed by atoms with van der Waals surface area (Å²) in [7, 11) is 0. The van der Waals surface area contributed by atoms with Crippen LogP contribution >= 0.6 is 11.3 Å². The molecule has 19 rings (SSSR count). The minimum Gasteiger partial charge on any atom is -0.455 e. The highest BCUT2D eigenvalue weighted by atomic mass is 32.1. The van der Waals surface area contributed by atoms with E-state index in [0.29, 0.717) is 0 Å². The first-order chi connectivity index (χ1) is 47.6. The summed E-state index contributed by atoms with van der Waals surface area (Å²) in [5.74, 6) is 0. The standard InChI is InChI=1S/C48H32N2O.C42H27NOS/c1-3-13-33(14-4-1)34-23-27-37(28-24-34)49(36-15-5-2-6-16-36)39-31-43(48-44(32-39)42-19-9-12-22-47(42)51-48)35-25-29-38(30-26-35)50-45-20-10-7-17-40(45)41-18-8-11-21-46(41)50;1-3-11-28(12-4-1)29-19-22-32(23-20-29)43(31-13-5-2-6-14-31)33-26-36(42-38(27-33)34-15-7-9-17-39(34)44-42)30-21-24-41-37(25-30)35-16-8-10-18-40(35)45-41/h1-32H;1-27H. The maximum absolute atomic E-state index is 6.64. The summed E-state index contributed by atoms with van der Waals surface area (Å²) < 4.78 is 18.2. The molecule has 4 aromatic heterocycles. The second-order valence-corrected chi connectivity index (χ2v) is 25.4.